The fraction of sp³-hybridized carbons (Fsp3) is 0.231. The van der Waals surface area contributed by atoms with Gasteiger partial charge in [0.15, 0.2) is 0 Å². The number of benzene rings is 1. The van der Waals surface area contributed by atoms with Crippen LogP contribution in [0.15, 0.2) is 36.5 Å². The highest BCUT2D eigenvalue weighted by atomic mass is 32.2. The largest absolute Gasteiger partial charge is 0.433 e. The van der Waals surface area contributed by atoms with E-state index in [1.54, 1.807) is 6.26 Å². The molecule has 0 bridgehead atoms. The van der Waals surface area contributed by atoms with E-state index in [-0.39, 0.29) is 11.6 Å². The number of hydrogen-bond acceptors (Lipinski definition) is 3. The first kappa shape index (κ1) is 15.4. The van der Waals surface area contributed by atoms with E-state index in [4.69, 9.17) is 0 Å². The number of nitrogens with zero attached hydrogens (tertiary/aromatic N) is 2. The summed E-state index contributed by atoms with van der Waals surface area (Å²) < 4.78 is 39.2. The molecule has 0 atom stereocenters. The molecule has 8 heteroatoms. The van der Waals surface area contributed by atoms with E-state index in [0.29, 0.717) is 11.4 Å². The Hall–Kier alpha value is -1.96. The second-order valence-electron chi connectivity index (χ2n) is 4.15. The monoisotopic (exact) mass is 315 g/mol. The molecule has 1 N–H and O–H groups in total. The van der Waals surface area contributed by atoms with Crippen molar-refractivity contribution in [2.45, 2.75) is 6.18 Å². The first-order valence-electron chi connectivity index (χ1n) is 5.92. The summed E-state index contributed by atoms with van der Waals surface area (Å²) in [6.45, 7) is 0. The molecule has 1 heterocycles. The summed E-state index contributed by atoms with van der Waals surface area (Å²) in [7, 11) is 0. The van der Waals surface area contributed by atoms with Crippen LogP contribution in [0, 0.1) is 0 Å². The highest BCUT2D eigenvalue weighted by Gasteiger charge is 2.35. The zero-order valence-corrected chi connectivity index (χ0v) is 11.8. The van der Waals surface area contributed by atoms with E-state index >= 15 is 0 Å². The molecule has 0 radical (unpaired) electrons. The number of thioether (sulfide) groups is 1. The topological polar surface area (TPSA) is 46.9 Å². The molecule has 2 rings (SSSR count). The van der Waals surface area contributed by atoms with Crippen molar-refractivity contribution >= 4 is 23.4 Å². The maximum absolute atomic E-state index is 12.8. The predicted octanol–water partition coefficient (Wildman–Crippen LogP) is 3.19. The number of anilines is 1. The van der Waals surface area contributed by atoms with Gasteiger partial charge in [-0.3, -0.25) is 4.79 Å². The van der Waals surface area contributed by atoms with Crippen molar-refractivity contribution in [3.05, 3.63) is 42.2 Å². The minimum Gasteiger partial charge on any atom is -0.325 e. The summed E-state index contributed by atoms with van der Waals surface area (Å²) in [5.41, 5.74) is -0.0460. The van der Waals surface area contributed by atoms with Gasteiger partial charge in [0.1, 0.15) is 5.69 Å². The number of nitrogens with one attached hydrogen (secondary N) is 1. The van der Waals surface area contributed by atoms with Crippen molar-refractivity contribution in [1.29, 1.82) is 0 Å². The molecule has 1 amide bonds. The van der Waals surface area contributed by atoms with Gasteiger partial charge in [0.2, 0.25) is 5.91 Å². The Balaban J connectivity index is 2.20. The smallest absolute Gasteiger partial charge is 0.325 e. The van der Waals surface area contributed by atoms with E-state index in [1.165, 1.54) is 36.0 Å². The highest BCUT2D eigenvalue weighted by Crippen LogP contribution is 2.30. The number of hydrogen-bond donors (Lipinski definition) is 1. The van der Waals surface area contributed by atoms with Crippen LogP contribution in [0.4, 0.5) is 18.9 Å². The van der Waals surface area contributed by atoms with Gasteiger partial charge in [-0.05, 0) is 36.6 Å². The number of aromatic nitrogens is 2. The summed E-state index contributed by atoms with van der Waals surface area (Å²) in [6.07, 6.45) is -1.57. The first-order chi connectivity index (χ1) is 9.91. The molecule has 0 spiro atoms. The Bertz CT molecular complexity index is 622. The highest BCUT2D eigenvalue weighted by molar-refractivity contribution is 7.99. The molecule has 21 heavy (non-hydrogen) atoms. The Kier molecular flexibility index (Phi) is 4.56. The molecule has 1 aromatic carbocycles. The molecule has 112 valence electrons. The Morgan fingerprint density at radius 3 is 2.52 bits per heavy atom. The molecule has 0 aliphatic carbocycles. The van der Waals surface area contributed by atoms with Crippen molar-refractivity contribution in [3.8, 4) is 5.69 Å². The molecule has 0 aliphatic heterocycles. The summed E-state index contributed by atoms with van der Waals surface area (Å²) in [6, 6.07) is 6.92. The molecule has 0 saturated carbocycles. The SMILES string of the molecule is CSCC(=O)Nc1ccc(-n2nccc2C(F)(F)F)cc1. The fourth-order valence-electron chi connectivity index (χ4n) is 1.74. The maximum Gasteiger partial charge on any atom is 0.433 e. The molecular formula is C13H12F3N3OS. The van der Waals surface area contributed by atoms with Crippen molar-refractivity contribution in [2.75, 3.05) is 17.3 Å². The van der Waals surface area contributed by atoms with Crippen LogP contribution in [-0.4, -0.2) is 27.7 Å². The Morgan fingerprint density at radius 1 is 1.29 bits per heavy atom. The first-order valence-corrected chi connectivity index (χ1v) is 7.31. The van der Waals surface area contributed by atoms with Gasteiger partial charge < -0.3 is 5.32 Å². The summed E-state index contributed by atoms with van der Waals surface area (Å²) >= 11 is 1.38. The molecule has 0 fully saturated rings. The predicted molar refractivity (Wildman–Crippen MR) is 75.6 cm³/mol. The lowest BCUT2D eigenvalue weighted by molar-refractivity contribution is -0.142. The minimum atomic E-state index is -4.47. The lowest BCUT2D eigenvalue weighted by Crippen LogP contribution is -2.14. The van der Waals surface area contributed by atoms with Gasteiger partial charge in [-0.1, -0.05) is 0 Å². The Labute approximate surface area is 123 Å². The molecule has 4 nitrogen and oxygen atoms in total. The van der Waals surface area contributed by atoms with Crippen molar-refractivity contribution < 1.29 is 18.0 Å². The lowest BCUT2D eigenvalue weighted by Gasteiger charge is -2.11. The minimum absolute atomic E-state index is 0.162. The fourth-order valence-corrected chi connectivity index (χ4v) is 2.07. The van der Waals surface area contributed by atoms with Crippen LogP contribution in [0.5, 0.6) is 0 Å². The average molecular weight is 315 g/mol. The van der Waals surface area contributed by atoms with E-state index in [2.05, 4.69) is 10.4 Å². The van der Waals surface area contributed by atoms with Gasteiger partial charge in [0.25, 0.3) is 0 Å². The van der Waals surface area contributed by atoms with Crippen LogP contribution in [-0.2, 0) is 11.0 Å². The van der Waals surface area contributed by atoms with Crippen molar-refractivity contribution in [1.82, 2.24) is 9.78 Å². The molecular weight excluding hydrogens is 303 g/mol. The maximum atomic E-state index is 12.8. The van der Waals surface area contributed by atoms with Crippen LogP contribution >= 0.6 is 11.8 Å². The molecule has 1 aromatic heterocycles. The molecule has 0 unspecified atom stereocenters. The normalized spacial score (nSPS) is 11.4. The van der Waals surface area contributed by atoms with Crippen LogP contribution in [0.25, 0.3) is 5.69 Å². The quantitative estimate of drug-likeness (QED) is 0.942. The summed E-state index contributed by atoms with van der Waals surface area (Å²) in [5, 5.41) is 6.33. The van der Waals surface area contributed by atoms with E-state index in [0.717, 1.165) is 16.9 Å². The van der Waals surface area contributed by atoms with Crippen LogP contribution in [0.2, 0.25) is 0 Å². The van der Waals surface area contributed by atoms with Gasteiger partial charge in [0.05, 0.1) is 17.6 Å². The average Bonchev–Trinajstić information content (AvgIpc) is 2.89. The second-order valence-corrected chi connectivity index (χ2v) is 5.02. The molecule has 2 aromatic rings. The van der Waals surface area contributed by atoms with Gasteiger partial charge >= 0.3 is 6.18 Å². The number of alkyl halides is 3. The third-order valence-corrected chi connectivity index (χ3v) is 3.16. The number of rotatable bonds is 4. The van der Waals surface area contributed by atoms with Crippen molar-refractivity contribution in [3.63, 3.8) is 0 Å². The molecule has 0 saturated heterocycles. The number of carbonyl (C=O) groups is 1. The standard InChI is InChI=1S/C13H12F3N3OS/c1-21-8-12(20)18-9-2-4-10(5-3-9)19-11(6-7-17-19)13(14,15)16/h2-7H,8H2,1H3,(H,18,20). The molecule has 0 aliphatic rings. The summed E-state index contributed by atoms with van der Waals surface area (Å²) in [4.78, 5) is 11.4. The zero-order chi connectivity index (χ0) is 15.5. The van der Waals surface area contributed by atoms with Crippen LogP contribution < -0.4 is 5.32 Å². The number of carbonyl (C=O) groups excluding carboxylic acids is 1. The number of amides is 1. The van der Waals surface area contributed by atoms with E-state index < -0.39 is 11.9 Å². The Morgan fingerprint density at radius 2 is 1.95 bits per heavy atom. The van der Waals surface area contributed by atoms with Gasteiger partial charge in [-0.2, -0.15) is 30.0 Å². The van der Waals surface area contributed by atoms with Crippen LogP contribution in [0.3, 0.4) is 0 Å². The van der Waals surface area contributed by atoms with Crippen molar-refractivity contribution in [2.24, 2.45) is 0 Å². The van der Waals surface area contributed by atoms with E-state index in [9.17, 15) is 18.0 Å². The number of halogens is 3. The lowest BCUT2D eigenvalue weighted by atomic mass is 10.2. The zero-order valence-electron chi connectivity index (χ0n) is 11.0. The summed E-state index contributed by atoms with van der Waals surface area (Å²) in [5.74, 6) is 0.157. The third kappa shape index (κ3) is 3.78. The van der Waals surface area contributed by atoms with E-state index in [1.807, 2.05) is 0 Å². The third-order valence-electron chi connectivity index (χ3n) is 2.60. The van der Waals surface area contributed by atoms with Gasteiger partial charge in [-0.15, -0.1) is 0 Å². The van der Waals surface area contributed by atoms with Crippen LogP contribution in [0.1, 0.15) is 5.69 Å². The van der Waals surface area contributed by atoms with Gasteiger partial charge in [-0.25, -0.2) is 4.68 Å². The van der Waals surface area contributed by atoms with Gasteiger partial charge in [0, 0.05) is 5.69 Å². The second kappa shape index (κ2) is 6.21.